The van der Waals surface area contributed by atoms with E-state index in [1.165, 1.54) is 0 Å². The van der Waals surface area contributed by atoms with Crippen LogP contribution in [0.1, 0.15) is 23.2 Å². The van der Waals surface area contributed by atoms with Crippen LogP contribution in [0.25, 0.3) is 5.69 Å². The molecule has 0 unspecified atom stereocenters. The fraction of sp³-hybridized carbons (Fsp3) is 0.286. The van der Waals surface area contributed by atoms with Gasteiger partial charge in [0.2, 0.25) is 0 Å². The fourth-order valence-corrected chi connectivity index (χ4v) is 2.25. The summed E-state index contributed by atoms with van der Waals surface area (Å²) in [5, 5.41) is 7.18. The molecule has 1 N–H and O–H groups in total. The van der Waals surface area contributed by atoms with Crippen molar-refractivity contribution in [2.45, 2.75) is 18.4 Å². The maximum absolute atomic E-state index is 12.1. The van der Waals surface area contributed by atoms with E-state index >= 15 is 0 Å². The highest BCUT2D eigenvalue weighted by Crippen LogP contribution is 2.36. The Morgan fingerprint density at radius 1 is 1.37 bits per heavy atom. The first-order valence-electron chi connectivity index (χ1n) is 6.21. The number of hydrogen-bond donors (Lipinski definition) is 1. The van der Waals surface area contributed by atoms with Crippen molar-refractivity contribution in [1.29, 1.82) is 0 Å². The molecule has 0 aliphatic heterocycles. The minimum Gasteiger partial charge on any atom is -0.345 e. The van der Waals surface area contributed by atoms with Crippen LogP contribution in [-0.4, -0.2) is 27.1 Å². The Morgan fingerprint density at radius 3 is 2.74 bits per heavy atom. The highest BCUT2D eigenvalue weighted by atomic mass is 35.5. The van der Waals surface area contributed by atoms with E-state index in [1.807, 2.05) is 30.3 Å². The average Bonchev–Trinajstić information content (AvgIpc) is 3.04. The third-order valence-corrected chi connectivity index (χ3v) is 3.87. The molecule has 4 nitrogen and oxygen atoms in total. The molecule has 1 fully saturated rings. The summed E-state index contributed by atoms with van der Waals surface area (Å²) >= 11 is 5.85. The van der Waals surface area contributed by atoms with Gasteiger partial charge in [0.15, 0.2) is 0 Å². The fourth-order valence-electron chi connectivity index (χ4n) is 1.92. The van der Waals surface area contributed by atoms with Crippen molar-refractivity contribution < 1.29 is 4.79 Å². The number of hydrogen-bond acceptors (Lipinski definition) is 2. The molecule has 1 heterocycles. The van der Waals surface area contributed by atoms with Gasteiger partial charge < -0.3 is 5.32 Å². The molecule has 3 rings (SSSR count). The zero-order valence-corrected chi connectivity index (χ0v) is 11.1. The van der Waals surface area contributed by atoms with Gasteiger partial charge in [-0.2, -0.15) is 5.10 Å². The predicted octanol–water partition coefficient (Wildman–Crippen LogP) is 2.37. The molecular formula is C14H14ClN3O. The van der Waals surface area contributed by atoms with Gasteiger partial charge in [-0.3, -0.25) is 4.79 Å². The van der Waals surface area contributed by atoms with E-state index in [9.17, 15) is 4.79 Å². The Balaban J connectivity index is 1.76. The van der Waals surface area contributed by atoms with Gasteiger partial charge >= 0.3 is 0 Å². The molecular weight excluding hydrogens is 262 g/mol. The molecule has 1 aliphatic carbocycles. The Kier molecular flexibility index (Phi) is 3.03. The minimum atomic E-state index is -0.187. The van der Waals surface area contributed by atoms with Gasteiger partial charge in [0.05, 0.1) is 23.0 Å². The second-order valence-electron chi connectivity index (χ2n) is 4.88. The number of nitrogens with zero attached hydrogens (tertiary/aromatic N) is 2. The van der Waals surface area contributed by atoms with Crippen LogP contribution in [0.15, 0.2) is 42.7 Å². The van der Waals surface area contributed by atoms with E-state index in [4.69, 9.17) is 11.6 Å². The summed E-state index contributed by atoms with van der Waals surface area (Å²) in [7, 11) is 0. The van der Waals surface area contributed by atoms with Crippen LogP contribution in [-0.2, 0) is 0 Å². The Morgan fingerprint density at radius 2 is 2.11 bits per heavy atom. The summed E-state index contributed by atoms with van der Waals surface area (Å²) in [6.45, 7) is 0. The number of benzene rings is 1. The SMILES string of the molecule is O=C(NC1(CCl)CC1)c1cnn(-c2ccccc2)c1. The van der Waals surface area contributed by atoms with E-state index in [0.29, 0.717) is 11.4 Å². The minimum absolute atomic E-state index is 0.111. The number of carbonyl (C=O) groups is 1. The van der Waals surface area contributed by atoms with Crippen LogP contribution in [0.4, 0.5) is 0 Å². The lowest BCUT2D eigenvalue weighted by molar-refractivity contribution is 0.0936. The van der Waals surface area contributed by atoms with Gasteiger partial charge in [-0.05, 0) is 25.0 Å². The topological polar surface area (TPSA) is 46.9 Å². The number of halogens is 1. The smallest absolute Gasteiger partial charge is 0.254 e. The number of nitrogens with one attached hydrogen (secondary N) is 1. The van der Waals surface area contributed by atoms with Crippen LogP contribution in [0.5, 0.6) is 0 Å². The Labute approximate surface area is 116 Å². The summed E-state index contributed by atoms with van der Waals surface area (Å²) in [5.74, 6) is 0.353. The molecule has 0 saturated heterocycles. The summed E-state index contributed by atoms with van der Waals surface area (Å²) in [4.78, 5) is 12.1. The Hall–Kier alpha value is -1.81. The quantitative estimate of drug-likeness (QED) is 0.871. The second-order valence-corrected chi connectivity index (χ2v) is 5.14. The molecule has 19 heavy (non-hydrogen) atoms. The van der Waals surface area contributed by atoms with Crippen LogP contribution >= 0.6 is 11.6 Å². The second kappa shape index (κ2) is 4.70. The third kappa shape index (κ3) is 2.49. The van der Waals surface area contributed by atoms with Crippen molar-refractivity contribution in [3.63, 3.8) is 0 Å². The normalized spacial score (nSPS) is 16.1. The molecule has 1 aliphatic rings. The lowest BCUT2D eigenvalue weighted by atomic mass is 10.2. The first-order chi connectivity index (χ1) is 9.22. The zero-order chi connectivity index (χ0) is 13.3. The van der Waals surface area contributed by atoms with Crippen LogP contribution in [0, 0.1) is 0 Å². The molecule has 0 spiro atoms. The molecule has 1 saturated carbocycles. The van der Waals surface area contributed by atoms with Crippen molar-refractivity contribution >= 4 is 17.5 Å². The molecule has 0 atom stereocenters. The van der Waals surface area contributed by atoms with Crippen molar-refractivity contribution in [2.24, 2.45) is 0 Å². The largest absolute Gasteiger partial charge is 0.345 e. The maximum atomic E-state index is 12.1. The molecule has 1 aromatic carbocycles. The van der Waals surface area contributed by atoms with Crippen molar-refractivity contribution in [1.82, 2.24) is 15.1 Å². The summed E-state index contributed by atoms with van der Waals surface area (Å²) in [6.07, 6.45) is 5.21. The van der Waals surface area contributed by atoms with Gasteiger partial charge in [-0.25, -0.2) is 4.68 Å². The Bertz CT molecular complexity index is 590. The van der Waals surface area contributed by atoms with Gasteiger partial charge in [0.25, 0.3) is 5.91 Å². The van der Waals surface area contributed by atoms with Gasteiger partial charge in [-0.1, -0.05) is 18.2 Å². The first kappa shape index (κ1) is 12.2. The number of rotatable bonds is 4. The van der Waals surface area contributed by atoms with E-state index < -0.39 is 0 Å². The molecule has 2 aromatic rings. The molecule has 5 heteroatoms. The summed E-state index contributed by atoms with van der Waals surface area (Å²) < 4.78 is 1.69. The van der Waals surface area contributed by atoms with Crippen molar-refractivity contribution in [3.05, 3.63) is 48.3 Å². The van der Waals surface area contributed by atoms with Gasteiger partial charge in [-0.15, -0.1) is 11.6 Å². The third-order valence-electron chi connectivity index (χ3n) is 3.35. The van der Waals surface area contributed by atoms with E-state index in [-0.39, 0.29) is 11.4 Å². The van der Waals surface area contributed by atoms with Gasteiger partial charge in [0, 0.05) is 12.1 Å². The molecule has 1 amide bonds. The molecule has 98 valence electrons. The number of amides is 1. The van der Waals surface area contributed by atoms with E-state index in [1.54, 1.807) is 17.1 Å². The molecule has 0 bridgehead atoms. The van der Waals surface area contributed by atoms with E-state index in [2.05, 4.69) is 10.4 Å². The lowest BCUT2D eigenvalue weighted by Gasteiger charge is -2.12. The lowest BCUT2D eigenvalue weighted by Crippen LogP contribution is -2.38. The number of alkyl halides is 1. The highest BCUT2D eigenvalue weighted by Gasteiger charge is 2.43. The van der Waals surface area contributed by atoms with Crippen molar-refractivity contribution in [2.75, 3.05) is 5.88 Å². The first-order valence-corrected chi connectivity index (χ1v) is 6.74. The summed E-state index contributed by atoms with van der Waals surface area (Å²) in [5.41, 5.74) is 1.30. The van der Waals surface area contributed by atoms with Crippen LogP contribution < -0.4 is 5.32 Å². The van der Waals surface area contributed by atoms with Crippen LogP contribution in [0.3, 0.4) is 0 Å². The van der Waals surface area contributed by atoms with E-state index in [0.717, 1.165) is 18.5 Å². The molecule has 0 radical (unpaired) electrons. The summed E-state index contributed by atoms with van der Waals surface area (Å²) in [6, 6.07) is 9.69. The zero-order valence-electron chi connectivity index (χ0n) is 10.3. The highest BCUT2D eigenvalue weighted by molar-refractivity contribution is 6.19. The number of para-hydroxylation sites is 1. The number of aromatic nitrogens is 2. The standard InChI is InChI=1S/C14H14ClN3O/c15-10-14(6-7-14)17-13(19)11-8-16-18(9-11)12-4-2-1-3-5-12/h1-5,8-9H,6-7,10H2,(H,17,19). The maximum Gasteiger partial charge on any atom is 0.254 e. The van der Waals surface area contributed by atoms with Crippen molar-refractivity contribution in [3.8, 4) is 5.69 Å². The molecule has 1 aromatic heterocycles. The average molecular weight is 276 g/mol. The predicted molar refractivity (Wildman–Crippen MR) is 73.7 cm³/mol. The number of carbonyl (C=O) groups excluding carboxylic acids is 1. The monoisotopic (exact) mass is 275 g/mol. The van der Waals surface area contributed by atoms with Crippen LogP contribution in [0.2, 0.25) is 0 Å². The van der Waals surface area contributed by atoms with Gasteiger partial charge in [0.1, 0.15) is 0 Å².